The van der Waals surface area contributed by atoms with Crippen LogP contribution in [0.2, 0.25) is 0 Å². The smallest absolute Gasteiger partial charge is 0.252 e. The van der Waals surface area contributed by atoms with E-state index in [4.69, 9.17) is 0 Å². The minimum Gasteiger partial charge on any atom is -0.311 e. The van der Waals surface area contributed by atoms with E-state index in [2.05, 4.69) is 384 Å². The average Bonchev–Trinajstić information content (AvgIpc) is 0.689. The van der Waals surface area contributed by atoms with E-state index >= 15 is 0 Å². The maximum Gasteiger partial charge on any atom is 0.252 e. The Morgan fingerprint density at radius 1 is 0.214 bits per heavy atom. The van der Waals surface area contributed by atoms with Crippen molar-refractivity contribution in [3.05, 3.63) is 364 Å². The van der Waals surface area contributed by atoms with Crippen LogP contribution in [0.4, 0.5) is 68.2 Å². The second-order valence-electron chi connectivity index (χ2n) is 25.4. The van der Waals surface area contributed by atoms with Gasteiger partial charge in [0.15, 0.2) is 0 Å². The van der Waals surface area contributed by atoms with Crippen molar-refractivity contribution in [2.24, 2.45) is 0 Å². The second kappa shape index (κ2) is 24.2. The van der Waals surface area contributed by atoms with Gasteiger partial charge < -0.3 is 19.6 Å². The molecule has 15 aromatic carbocycles. The molecule has 4 aliphatic heterocycles. The Morgan fingerprint density at radius 3 is 1.09 bits per heavy atom. The van der Waals surface area contributed by atoms with Gasteiger partial charge in [0, 0.05) is 81.6 Å². The van der Waals surface area contributed by atoms with Gasteiger partial charge in [0.1, 0.15) is 0 Å². The molecule has 0 radical (unpaired) electrons. The van der Waals surface area contributed by atoms with Gasteiger partial charge in [-0.2, -0.15) is 0 Å². The monoisotopic (exact) mass is 1280 g/mol. The van der Waals surface area contributed by atoms with E-state index in [9.17, 15) is 0 Å². The van der Waals surface area contributed by atoms with Crippen LogP contribution in [0.5, 0.6) is 0 Å². The van der Waals surface area contributed by atoms with Crippen LogP contribution in [0.1, 0.15) is 0 Å². The van der Waals surface area contributed by atoms with E-state index in [-0.39, 0.29) is 13.4 Å². The molecule has 15 aromatic rings. The molecular weight excluding hydrogens is 1220 g/mol. The molecule has 4 aliphatic rings. The predicted octanol–water partition coefficient (Wildman–Crippen LogP) is 20.8. The number of para-hydroxylation sites is 7. The van der Waals surface area contributed by atoms with Crippen LogP contribution in [-0.2, 0) is 0 Å². The Hall–Kier alpha value is -11.7. The van der Waals surface area contributed by atoms with Crippen molar-refractivity contribution >= 4 is 138 Å². The zero-order chi connectivity index (χ0) is 64.6. The molecule has 98 heavy (non-hydrogen) atoms. The summed E-state index contributed by atoms with van der Waals surface area (Å²) in [6.07, 6.45) is 0. The lowest BCUT2D eigenvalue weighted by Crippen LogP contribution is -2.64. The Balaban J connectivity index is 0.904. The highest BCUT2D eigenvalue weighted by molar-refractivity contribution is 8.01. The minimum atomic E-state index is -0.182. The van der Waals surface area contributed by atoms with Crippen LogP contribution in [0, 0.1) is 0 Å². The van der Waals surface area contributed by atoms with E-state index in [1.165, 1.54) is 63.5 Å². The molecule has 0 atom stereocenters. The maximum atomic E-state index is 2.66. The Morgan fingerprint density at radius 2 is 0.582 bits per heavy atom. The summed E-state index contributed by atoms with van der Waals surface area (Å²) in [5, 5.41) is 0. The van der Waals surface area contributed by atoms with Crippen LogP contribution in [0.15, 0.2) is 384 Å². The molecule has 458 valence electrons. The Labute approximate surface area is 581 Å². The molecule has 0 saturated heterocycles. The number of benzene rings is 15. The van der Waals surface area contributed by atoms with Crippen LogP contribution in [-0.4, -0.2) is 13.4 Å². The third kappa shape index (κ3) is 9.65. The Bertz CT molecular complexity index is 5570. The van der Waals surface area contributed by atoms with E-state index in [0.717, 1.165) is 102 Å². The van der Waals surface area contributed by atoms with Crippen molar-refractivity contribution in [1.82, 2.24) is 0 Å². The zero-order valence-electron chi connectivity index (χ0n) is 53.4. The van der Waals surface area contributed by atoms with E-state index < -0.39 is 0 Å². The molecule has 4 heterocycles. The lowest BCUT2D eigenvalue weighted by atomic mass is 9.31. The summed E-state index contributed by atoms with van der Waals surface area (Å²) in [7, 11) is 0. The quantitative estimate of drug-likeness (QED) is 0.112. The van der Waals surface area contributed by atoms with Crippen molar-refractivity contribution in [3.63, 3.8) is 0 Å². The minimum absolute atomic E-state index is 0.0414. The van der Waals surface area contributed by atoms with Gasteiger partial charge in [-0.1, -0.05) is 307 Å². The first-order valence-electron chi connectivity index (χ1n) is 33.6. The molecule has 0 aliphatic carbocycles. The molecule has 0 unspecified atom stereocenters. The summed E-state index contributed by atoms with van der Waals surface area (Å²) in [4.78, 5) is 15.3. The zero-order valence-corrected chi connectivity index (χ0v) is 55.0. The van der Waals surface area contributed by atoms with Gasteiger partial charge in [-0.15, -0.1) is 0 Å². The molecular formula is C90H60B2N4S2. The molecule has 8 heteroatoms. The van der Waals surface area contributed by atoms with Gasteiger partial charge >= 0.3 is 0 Å². The van der Waals surface area contributed by atoms with Crippen LogP contribution in [0.3, 0.4) is 0 Å². The predicted molar refractivity (Wildman–Crippen MR) is 417 cm³/mol. The highest BCUT2D eigenvalue weighted by Crippen LogP contribution is 2.54. The second-order valence-corrected chi connectivity index (χ2v) is 27.6. The fourth-order valence-electron chi connectivity index (χ4n) is 15.8. The van der Waals surface area contributed by atoms with Gasteiger partial charge in [0.2, 0.25) is 6.71 Å². The third-order valence-electron chi connectivity index (χ3n) is 19.9. The molecule has 19 rings (SSSR count). The highest BCUT2D eigenvalue weighted by Gasteiger charge is 2.47. The van der Waals surface area contributed by atoms with Crippen LogP contribution >= 0.6 is 23.5 Å². The number of rotatable bonds is 12. The van der Waals surface area contributed by atoms with Gasteiger partial charge in [0.25, 0.3) is 6.71 Å². The number of nitrogens with zero attached hydrogens (tertiary/aromatic N) is 4. The highest BCUT2D eigenvalue weighted by atomic mass is 32.2. The average molecular weight is 1280 g/mol. The number of hydrogen-bond donors (Lipinski definition) is 0. The lowest BCUT2D eigenvalue weighted by molar-refractivity contribution is 1.22. The van der Waals surface area contributed by atoms with Gasteiger partial charge in [0.05, 0.1) is 28.4 Å². The van der Waals surface area contributed by atoms with Crippen LogP contribution in [0.25, 0.3) is 44.5 Å². The van der Waals surface area contributed by atoms with Crippen molar-refractivity contribution < 1.29 is 0 Å². The fourth-order valence-corrected chi connectivity index (χ4v) is 18.3. The normalized spacial score (nSPS) is 12.7. The first-order chi connectivity index (χ1) is 48.7. The summed E-state index contributed by atoms with van der Waals surface area (Å²) in [5.74, 6) is 0. The first kappa shape index (κ1) is 57.7. The topological polar surface area (TPSA) is 13.0 Å². The Kier molecular flexibility index (Phi) is 14.3. The van der Waals surface area contributed by atoms with Gasteiger partial charge in [-0.25, -0.2) is 0 Å². The SMILES string of the molecule is c1ccc(-c2ccccc2N(c2ccccc2)c2cc3c4c(c2)Sc2cc5c(cc2B4c2ccccc2S3)B2c3ccccc3N(c3ccccc3-c3ccccc3)c3cc(N(c4ccccc4)c4ccccc4-c4ccccc4)cc(c32)N5c2ccccc2-c2ccccc2)cc1. The molecule has 0 saturated carbocycles. The standard InChI is InChI=1S/C90H60B2N4S2/c1-7-31-61(32-8-1)69-43-19-25-49-77(69)93(65-39-15-5-16-40-65)67-55-83-89-84(56-67)96(80-52-28-22-46-72(80)64-37-13-4-14-38-64)82-60-86-76(59-75(82)91(89)73-47-23-29-53-81(73)95(83)79-51-27-21-45-71(79)63-35-11-3-12-36-63)92-74-48-24-30-54-85(74)97-87-57-68(58-88(98-86)90(87)92)94(66-41-17-6-18-42-66)78-50-26-20-44-70(78)62-33-9-2-10-34-62/h1-60H. The summed E-state index contributed by atoms with van der Waals surface area (Å²) < 4.78 is 0. The van der Waals surface area contributed by atoms with E-state index in [1.54, 1.807) is 0 Å². The summed E-state index contributed by atoms with van der Waals surface area (Å²) >= 11 is 3.84. The molecule has 0 spiro atoms. The molecule has 0 aromatic heterocycles. The van der Waals surface area contributed by atoms with Crippen LogP contribution < -0.4 is 52.4 Å². The molecule has 4 nitrogen and oxygen atoms in total. The fraction of sp³-hybridized carbons (Fsp3) is 0. The summed E-state index contributed by atoms with van der Waals surface area (Å²) in [6, 6.07) is 135. The van der Waals surface area contributed by atoms with Crippen molar-refractivity contribution in [3.8, 4) is 44.5 Å². The largest absolute Gasteiger partial charge is 0.311 e. The summed E-state index contributed by atoms with van der Waals surface area (Å²) in [5.41, 5.74) is 30.4. The van der Waals surface area contributed by atoms with Crippen molar-refractivity contribution in [2.45, 2.75) is 19.6 Å². The van der Waals surface area contributed by atoms with Gasteiger partial charge in [-0.3, -0.25) is 0 Å². The first-order valence-corrected chi connectivity index (χ1v) is 35.3. The maximum absolute atomic E-state index is 2.66. The molecule has 0 fully saturated rings. The number of fused-ring (bicyclic) bond motifs is 8. The molecule has 0 N–H and O–H groups in total. The number of hydrogen-bond acceptors (Lipinski definition) is 6. The number of anilines is 12. The molecule has 0 bridgehead atoms. The van der Waals surface area contributed by atoms with E-state index in [0.29, 0.717) is 0 Å². The third-order valence-corrected chi connectivity index (χ3v) is 22.2. The summed E-state index contributed by atoms with van der Waals surface area (Å²) in [6.45, 7) is -0.224. The lowest BCUT2D eigenvalue weighted by Gasteiger charge is -2.46. The van der Waals surface area contributed by atoms with Crippen molar-refractivity contribution in [1.29, 1.82) is 0 Å². The van der Waals surface area contributed by atoms with E-state index in [1.807, 2.05) is 23.5 Å². The molecule has 0 amide bonds. The van der Waals surface area contributed by atoms with Gasteiger partial charge in [-0.05, 0) is 135 Å². The van der Waals surface area contributed by atoms with Crippen molar-refractivity contribution in [2.75, 3.05) is 19.6 Å².